The lowest BCUT2D eigenvalue weighted by Crippen LogP contribution is -2.61. The van der Waals surface area contributed by atoms with E-state index < -0.39 is 131 Å². The van der Waals surface area contributed by atoms with Gasteiger partial charge in [0.15, 0.2) is 0 Å². The number of primary amides is 1. The van der Waals surface area contributed by atoms with E-state index in [1.54, 1.807) is 0 Å². The monoisotopic (exact) mass is 1320 g/mol. The summed E-state index contributed by atoms with van der Waals surface area (Å²) < 4.78 is 0. The Morgan fingerprint density at radius 2 is 0.398 bits per heavy atom. The molecule has 0 aromatic rings. The second-order valence-corrected chi connectivity index (χ2v) is 28.2. The van der Waals surface area contributed by atoms with Gasteiger partial charge < -0.3 is 87.6 Å². The number of amides is 11. The molecule has 0 aliphatic carbocycles. The zero-order chi connectivity index (χ0) is 71.1. The molecule has 0 fully saturated rings. The number of hydrogen-bond acceptors (Lipinski definition) is 16. The largest absolute Gasteiger partial charge is 0.368 e. The van der Waals surface area contributed by atoms with Crippen LogP contribution in [0.1, 0.15) is 219 Å². The zero-order valence-corrected chi connectivity index (χ0v) is 59.1. The van der Waals surface area contributed by atoms with Crippen molar-refractivity contribution in [2.45, 2.75) is 285 Å². The van der Waals surface area contributed by atoms with Crippen LogP contribution in [0.4, 0.5) is 0 Å². The van der Waals surface area contributed by atoms with Gasteiger partial charge >= 0.3 is 0 Å². The van der Waals surface area contributed by atoms with Crippen molar-refractivity contribution in [3.05, 3.63) is 0 Å². The first-order valence-electron chi connectivity index (χ1n) is 34.5. The van der Waals surface area contributed by atoms with Gasteiger partial charge in [-0.25, -0.2) is 0 Å². The minimum Gasteiger partial charge on any atom is -0.368 e. The average molecular weight is 1320 g/mol. The summed E-state index contributed by atoms with van der Waals surface area (Å²) in [5, 5.41) is 28.1. The molecule has 0 aliphatic heterocycles. The Bertz CT molecular complexity index is 2270. The molecular formula is C66H128N16O11. The summed E-state index contributed by atoms with van der Waals surface area (Å²) in [7, 11) is 0. The molecule has 0 unspecified atom stereocenters. The van der Waals surface area contributed by atoms with E-state index in [0.29, 0.717) is 77.4 Å². The molecule has 22 N–H and O–H groups in total. The van der Waals surface area contributed by atoms with Crippen LogP contribution >= 0.6 is 0 Å². The molecule has 0 spiro atoms. The van der Waals surface area contributed by atoms with E-state index in [2.05, 4.69) is 53.2 Å². The van der Waals surface area contributed by atoms with Crippen LogP contribution in [-0.2, 0) is 52.7 Å². The van der Waals surface area contributed by atoms with Crippen molar-refractivity contribution in [2.24, 2.45) is 75.8 Å². The normalized spacial score (nSPS) is 15.2. The maximum absolute atomic E-state index is 14.6. The Balaban J connectivity index is 7.03. The summed E-state index contributed by atoms with van der Waals surface area (Å²) in [5.41, 5.74) is 34.9. The van der Waals surface area contributed by atoms with Crippen molar-refractivity contribution < 1.29 is 52.7 Å². The van der Waals surface area contributed by atoms with Crippen molar-refractivity contribution in [1.29, 1.82) is 0 Å². The van der Waals surface area contributed by atoms with Crippen LogP contribution in [0.5, 0.6) is 0 Å². The maximum atomic E-state index is 14.6. The first-order chi connectivity index (χ1) is 43.6. The van der Waals surface area contributed by atoms with E-state index in [0.717, 1.165) is 0 Å². The molecule has 0 radical (unpaired) electrons. The van der Waals surface area contributed by atoms with E-state index in [9.17, 15) is 52.7 Å². The summed E-state index contributed by atoms with van der Waals surface area (Å²) in [5.74, 6) is -7.99. The zero-order valence-electron chi connectivity index (χ0n) is 59.1. The molecule has 0 saturated heterocycles. The number of carbonyl (C=O) groups is 11. The number of unbranched alkanes of at least 4 members (excludes halogenated alkanes) is 4. The number of nitrogens with one attached hydrogen (secondary N) is 10. The molecule has 0 aromatic heterocycles. The van der Waals surface area contributed by atoms with Crippen molar-refractivity contribution in [1.82, 2.24) is 53.2 Å². The van der Waals surface area contributed by atoms with Gasteiger partial charge in [0, 0.05) is 0 Å². The lowest BCUT2D eigenvalue weighted by Gasteiger charge is -2.30. The Kier molecular flexibility index (Phi) is 44.7. The summed E-state index contributed by atoms with van der Waals surface area (Å²) in [6.07, 6.45) is 6.18. The quantitative estimate of drug-likeness (QED) is 0.0384. The number of hydrogen-bond donors (Lipinski definition) is 16. The molecule has 0 aliphatic rings. The van der Waals surface area contributed by atoms with E-state index in [-0.39, 0.29) is 112 Å². The third-order valence-electron chi connectivity index (χ3n) is 15.5. The van der Waals surface area contributed by atoms with Crippen molar-refractivity contribution in [3.8, 4) is 0 Å². The van der Waals surface area contributed by atoms with Gasteiger partial charge in [-0.1, -0.05) is 103 Å². The predicted molar refractivity (Wildman–Crippen MR) is 364 cm³/mol. The lowest BCUT2D eigenvalue weighted by molar-refractivity contribution is -0.136. The second-order valence-electron chi connectivity index (χ2n) is 28.2. The van der Waals surface area contributed by atoms with Crippen LogP contribution < -0.4 is 87.6 Å². The van der Waals surface area contributed by atoms with E-state index in [1.807, 2.05) is 96.9 Å². The Hall–Kier alpha value is -6.03. The predicted octanol–water partition coefficient (Wildman–Crippen LogP) is 1.49. The van der Waals surface area contributed by atoms with Crippen LogP contribution in [0.3, 0.4) is 0 Å². The molecule has 0 aromatic carbocycles. The Morgan fingerprint density at radius 1 is 0.237 bits per heavy atom. The van der Waals surface area contributed by atoms with Crippen LogP contribution in [-0.4, -0.2) is 158 Å². The van der Waals surface area contributed by atoms with Gasteiger partial charge in [0.05, 0.1) is 6.04 Å². The first-order valence-corrected chi connectivity index (χ1v) is 34.5. The van der Waals surface area contributed by atoms with Crippen LogP contribution in [0.2, 0.25) is 0 Å². The van der Waals surface area contributed by atoms with Gasteiger partial charge in [-0.05, 0) is 183 Å². The molecule has 0 bridgehead atoms. The van der Waals surface area contributed by atoms with Crippen LogP contribution in [0, 0.1) is 41.4 Å². The minimum atomic E-state index is -1.23. The van der Waals surface area contributed by atoms with E-state index >= 15 is 0 Å². The first kappa shape index (κ1) is 87.0. The molecule has 0 heterocycles. The highest BCUT2D eigenvalue weighted by Gasteiger charge is 2.37. The van der Waals surface area contributed by atoms with Crippen LogP contribution in [0.25, 0.3) is 0 Å². The summed E-state index contributed by atoms with van der Waals surface area (Å²) >= 11 is 0. The Morgan fingerprint density at radius 3 is 0.591 bits per heavy atom. The van der Waals surface area contributed by atoms with Gasteiger partial charge in [0.25, 0.3) is 0 Å². The minimum absolute atomic E-state index is 0.0280. The number of rotatable bonds is 51. The van der Waals surface area contributed by atoms with E-state index in [4.69, 9.17) is 34.4 Å². The Labute approximate surface area is 556 Å². The lowest BCUT2D eigenvalue weighted by atomic mass is 9.98. The number of carbonyl (C=O) groups excluding carboxylic acids is 11. The molecular weight excluding hydrogens is 1190 g/mol. The van der Waals surface area contributed by atoms with Crippen molar-refractivity contribution >= 4 is 65.0 Å². The summed E-state index contributed by atoms with van der Waals surface area (Å²) in [6.45, 7) is 27.5. The topological polar surface area (TPSA) is 464 Å². The molecule has 0 rings (SSSR count). The highest BCUT2D eigenvalue weighted by Crippen LogP contribution is 2.17. The molecule has 27 heteroatoms. The smallest absolute Gasteiger partial charge is 0.243 e. The van der Waals surface area contributed by atoms with E-state index in [1.165, 1.54) is 0 Å². The highest BCUT2D eigenvalue weighted by molar-refractivity contribution is 5.99. The van der Waals surface area contributed by atoms with Gasteiger partial charge in [-0.2, -0.15) is 0 Å². The fourth-order valence-corrected chi connectivity index (χ4v) is 10.6. The highest BCUT2D eigenvalue weighted by atomic mass is 16.2. The molecule has 0 saturated carbocycles. The van der Waals surface area contributed by atoms with Crippen molar-refractivity contribution in [3.63, 3.8) is 0 Å². The second kappa shape index (κ2) is 47.8. The van der Waals surface area contributed by atoms with Gasteiger partial charge in [-0.3, -0.25) is 52.7 Å². The summed E-state index contributed by atoms with van der Waals surface area (Å²) in [4.78, 5) is 154. The fourth-order valence-electron chi connectivity index (χ4n) is 10.6. The molecule has 93 heavy (non-hydrogen) atoms. The molecule has 11 amide bonds. The van der Waals surface area contributed by atoms with Gasteiger partial charge in [0.2, 0.25) is 65.0 Å². The molecule has 27 nitrogen and oxygen atoms in total. The van der Waals surface area contributed by atoms with Gasteiger partial charge in [-0.15, -0.1) is 0 Å². The van der Waals surface area contributed by atoms with Gasteiger partial charge in [0.1, 0.15) is 60.4 Å². The third kappa shape index (κ3) is 38.2. The standard InChI is InChI=1S/C66H128N16O11/c1-38(2)31-49(56(72)83)76-63(90)52(34-41(7)8)82-66(93)55(37-44(13)14)79-60(87)48(26-18-22-30-70)75-62(89)51(33-40(5)6)81-65(92)54(36-43(11)12)78-59(86)47(25-17-21-29-69)74-61(88)50(32-39(3)4)80-64(91)53(35-42(9)10)77-58(85)46(24-16-20-28-68)73-57(84)45(71)23-15-19-27-67/h38-55H,15-37,67-71H2,1-14H3,(H2,72,83)(H,73,84)(H,74,88)(H,75,89)(H,76,90)(H,77,85)(H,78,86)(H,79,87)(H,80,91)(H,81,92)(H,82,93)/t45-,46-,47-,48-,49+,50+,51+,52+,53+,54+,55+/m0/s1. The van der Waals surface area contributed by atoms with Crippen molar-refractivity contribution in [2.75, 3.05) is 26.2 Å². The SMILES string of the molecule is CC(C)C[C@@H](NC(=O)[C@@H](CC(C)C)NC(=O)[C@@H](CC(C)C)NC(=O)[C@H](CCCCN)NC(=O)[C@@H](CC(C)C)NC(=O)[C@@H](CC(C)C)NC(=O)[C@H](CCCCN)NC(=O)[C@@H](CC(C)C)NC(=O)[C@@H](CC(C)C)NC(=O)[C@H](CCCCN)NC(=O)[C@@H](N)CCCCN)C(N)=O. The third-order valence-corrected chi connectivity index (χ3v) is 15.5. The summed E-state index contributed by atoms with van der Waals surface area (Å²) in [6, 6.07) is -12.3. The molecule has 11 atom stereocenters. The molecule has 538 valence electrons. The number of nitrogens with two attached hydrogens (primary N) is 6. The van der Waals surface area contributed by atoms with Crippen LogP contribution in [0.15, 0.2) is 0 Å². The average Bonchev–Trinajstić information content (AvgIpc) is 1.72. The fraction of sp³-hybridized carbons (Fsp3) is 0.833. The maximum Gasteiger partial charge on any atom is 0.243 e.